The first-order valence-electron chi connectivity index (χ1n) is 5.42. The van der Waals surface area contributed by atoms with Gasteiger partial charge >= 0.3 is 6.61 Å². The number of ether oxygens (including phenoxy) is 1. The lowest BCUT2D eigenvalue weighted by Gasteiger charge is -2.03. The highest BCUT2D eigenvalue weighted by Gasteiger charge is 2.02. The van der Waals surface area contributed by atoms with E-state index < -0.39 is 6.61 Å². The average molecular weight is 264 g/mol. The summed E-state index contributed by atoms with van der Waals surface area (Å²) in [4.78, 5) is 17.5. The van der Waals surface area contributed by atoms with Gasteiger partial charge in [0, 0.05) is 12.3 Å². The van der Waals surface area contributed by atoms with Gasteiger partial charge in [-0.15, -0.1) is 0 Å². The summed E-state index contributed by atoms with van der Waals surface area (Å²) in [6.07, 6.45) is 4.72. The molecule has 6 heteroatoms. The molecule has 0 aliphatic rings. The molecule has 0 fully saturated rings. The van der Waals surface area contributed by atoms with Gasteiger partial charge in [0.05, 0.1) is 0 Å². The van der Waals surface area contributed by atoms with E-state index >= 15 is 0 Å². The van der Waals surface area contributed by atoms with E-state index in [1.807, 2.05) is 0 Å². The van der Waals surface area contributed by atoms with Crippen molar-refractivity contribution in [3.63, 3.8) is 0 Å². The number of nitrogens with zero attached hydrogens (tertiary/aromatic N) is 1. The summed E-state index contributed by atoms with van der Waals surface area (Å²) >= 11 is 0. The molecular weight excluding hydrogens is 254 g/mol. The van der Waals surface area contributed by atoms with Gasteiger partial charge in [0.15, 0.2) is 0 Å². The highest BCUT2D eigenvalue weighted by atomic mass is 19.3. The highest BCUT2D eigenvalue weighted by Crippen LogP contribution is 2.15. The maximum absolute atomic E-state index is 12.0. The van der Waals surface area contributed by atoms with E-state index in [2.05, 4.69) is 14.7 Å². The molecule has 1 aromatic carbocycles. The van der Waals surface area contributed by atoms with Crippen molar-refractivity contribution in [1.29, 1.82) is 0 Å². The van der Waals surface area contributed by atoms with Crippen LogP contribution in [0.25, 0.3) is 12.2 Å². The fourth-order valence-corrected chi connectivity index (χ4v) is 1.41. The first kappa shape index (κ1) is 12.9. The van der Waals surface area contributed by atoms with Crippen LogP contribution in [0.1, 0.15) is 11.4 Å². The number of aromatic amines is 1. The molecule has 2 aromatic rings. The van der Waals surface area contributed by atoms with Crippen molar-refractivity contribution >= 4 is 12.2 Å². The van der Waals surface area contributed by atoms with Crippen molar-refractivity contribution in [1.82, 2.24) is 9.97 Å². The molecule has 0 saturated carbocycles. The molecule has 1 aromatic heterocycles. The minimum atomic E-state index is -2.83. The predicted molar refractivity (Wildman–Crippen MR) is 66.9 cm³/mol. The monoisotopic (exact) mass is 264 g/mol. The Balaban J connectivity index is 2.09. The number of halogens is 2. The molecule has 0 atom stereocenters. The lowest BCUT2D eigenvalue weighted by Crippen LogP contribution is -2.05. The van der Waals surface area contributed by atoms with Crippen LogP contribution in [0.2, 0.25) is 0 Å². The average Bonchev–Trinajstić information content (AvgIpc) is 2.37. The third-order valence-electron chi connectivity index (χ3n) is 2.23. The molecule has 98 valence electrons. The molecule has 0 saturated heterocycles. The smallest absolute Gasteiger partial charge is 0.387 e. The lowest BCUT2D eigenvalue weighted by atomic mass is 10.2. The second kappa shape index (κ2) is 5.90. The van der Waals surface area contributed by atoms with Gasteiger partial charge in [0.2, 0.25) is 0 Å². The second-order valence-electron chi connectivity index (χ2n) is 3.60. The van der Waals surface area contributed by atoms with Crippen molar-refractivity contribution < 1.29 is 13.5 Å². The van der Waals surface area contributed by atoms with E-state index in [0.29, 0.717) is 5.82 Å². The third-order valence-corrected chi connectivity index (χ3v) is 2.23. The summed E-state index contributed by atoms with van der Waals surface area (Å²) in [6.45, 7) is -2.83. The van der Waals surface area contributed by atoms with Crippen LogP contribution in [-0.2, 0) is 0 Å². The topological polar surface area (TPSA) is 55.0 Å². The lowest BCUT2D eigenvalue weighted by molar-refractivity contribution is -0.0498. The van der Waals surface area contributed by atoms with Gasteiger partial charge in [-0.05, 0) is 23.8 Å². The molecule has 4 nitrogen and oxygen atoms in total. The maximum Gasteiger partial charge on any atom is 0.387 e. The molecule has 0 aliphatic heterocycles. The molecule has 0 unspecified atom stereocenters. The predicted octanol–water partition coefficient (Wildman–Crippen LogP) is 2.54. The van der Waals surface area contributed by atoms with Crippen LogP contribution >= 0.6 is 0 Å². The van der Waals surface area contributed by atoms with E-state index in [-0.39, 0.29) is 11.3 Å². The SMILES string of the molecule is O=c1ccnc(C=Cc2ccc(OC(F)F)cc2)[nH]1. The minimum Gasteiger partial charge on any atom is -0.435 e. The molecule has 0 aliphatic carbocycles. The van der Waals surface area contributed by atoms with Crippen molar-refractivity contribution in [2.75, 3.05) is 0 Å². The minimum absolute atomic E-state index is 0.0957. The Morgan fingerprint density at radius 2 is 1.89 bits per heavy atom. The molecule has 1 N–H and O–H groups in total. The van der Waals surface area contributed by atoms with Gasteiger partial charge in [0.1, 0.15) is 11.6 Å². The fourth-order valence-electron chi connectivity index (χ4n) is 1.41. The molecule has 19 heavy (non-hydrogen) atoms. The van der Waals surface area contributed by atoms with Gasteiger partial charge in [-0.25, -0.2) is 4.98 Å². The zero-order valence-corrected chi connectivity index (χ0v) is 9.72. The highest BCUT2D eigenvalue weighted by molar-refractivity contribution is 5.66. The Bertz CT molecular complexity index is 621. The zero-order chi connectivity index (χ0) is 13.7. The normalized spacial score (nSPS) is 11.1. The fraction of sp³-hybridized carbons (Fsp3) is 0.0769. The number of rotatable bonds is 4. The van der Waals surface area contributed by atoms with Gasteiger partial charge in [-0.1, -0.05) is 18.2 Å². The summed E-state index contributed by atoms with van der Waals surface area (Å²) in [7, 11) is 0. The number of hydrogen-bond donors (Lipinski definition) is 1. The first-order chi connectivity index (χ1) is 9.13. The molecule has 1 heterocycles. The number of alkyl halides is 2. The first-order valence-corrected chi connectivity index (χ1v) is 5.42. The number of aromatic nitrogens is 2. The van der Waals surface area contributed by atoms with Crippen molar-refractivity contribution in [3.8, 4) is 5.75 Å². The Labute approximate surface area is 107 Å². The Hall–Kier alpha value is -2.50. The quantitative estimate of drug-likeness (QED) is 0.923. The zero-order valence-electron chi connectivity index (χ0n) is 9.72. The van der Waals surface area contributed by atoms with E-state index in [4.69, 9.17) is 0 Å². The Morgan fingerprint density at radius 3 is 2.53 bits per heavy atom. The Kier molecular flexibility index (Phi) is 4.02. The summed E-state index contributed by atoms with van der Waals surface area (Å²) in [5.74, 6) is 0.513. The second-order valence-corrected chi connectivity index (χ2v) is 3.60. The number of nitrogens with one attached hydrogen (secondary N) is 1. The van der Waals surface area contributed by atoms with E-state index in [0.717, 1.165) is 5.56 Å². The van der Waals surface area contributed by atoms with Crippen LogP contribution in [0.3, 0.4) is 0 Å². The summed E-state index contributed by atoms with van der Waals surface area (Å²) in [5, 5.41) is 0. The van der Waals surface area contributed by atoms with Crippen LogP contribution in [0.15, 0.2) is 41.3 Å². The Morgan fingerprint density at radius 1 is 1.16 bits per heavy atom. The van der Waals surface area contributed by atoms with Crippen LogP contribution < -0.4 is 10.3 Å². The van der Waals surface area contributed by atoms with Crippen molar-refractivity contribution in [2.45, 2.75) is 6.61 Å². The third kappa shape index (κ3) is 4.02. The molecule has 0 radical (unpaired) electrons. The number of hydrogen-bond acceptors (Lipinski definition) is 3. The summed E-state index contributed by atoms with van der Waals surface area (Å²) in [5.41, 5.74) is 0.531. The standard InChI is InChI=1S/C13H10F2N2O2/c14-13(15)19-10-4-1-9(2-5-10)3-6-11-16-8-7-12(18)17-11/h1-8,13H,(H,16,17,18). The molecule has 0 amide bonds. The van der Waals surface area contributed by atoms with Crippen molar-refractivity contribution in [2.24, 2.45) is 0 Å². The van der Waals surface area contributed by atoms with Gasteiger partial charge in [0.25, 0.3) is 5.56 Å². The summed E-state index contributed by atoms with van der Waals surface area (Å²) in [6, 6.07) is 7.43. The van der Waals surface area contributed by atoms with Crippen LogP contribution in [0, 0.1) is 0 Å². The van der Waals surface area contributed by atoms with Gasteiger partial charge in [-0.2, -0.15) is 8.78 Å². The summed E-state index contributed by atoms with van der Waals surface area (Å²) < 4.78 is 28.1. The molecular formula is C13H10F2N2O2. The maximum atomic E-state index is 12.0. The molecule has 0 bridgehead atoms. The van der Waals surface area contributed by atoms with E-state index in [1.165, 1.54) is 24.4 Å². The number of benzene rings is 1. The molecule has 2 rings (SSSR count). The number of H-pyrrole nitrogens is 1. The molecule has 0 spiro atoms. The van der Waals surface area contributed by atoms with E-state index in [9.17, 15) is 13.6 Å². The van der Waals surface area contributed by atoms with Crippen LogP contribution in [-0.4, -0.2) is 16.6 Å². The van der Waals surface area contributed by atoms with Crippen LogP contribution in [0.4, 0.5) is 8.78 Å². The van der Waals surface area contributed by atoms with Crippen LogP contribution in [0.5, 0.6) is 5.75 Å². The van der Waals surface area contributed by atoms with Gasteiger partial charge < -0.3 is 9.72 Å². The van der Waals surface area contributed by atoms with Crippen molar-refractivity contribution in [3.05, 3.63) is 58.3 Å². The largest absolute Gasteiger partial charge is 0.435 e. The van der Waals surface area contributed by atoms with Gasteiger partial charge in [-0.3, -0.25) is 4.79 Å². The van der Waals surface area contributed by atoms with E-state index in [1.54, 1.807) is 24.3 Å².